The predicted molar refractivity (Wildman–Crippen MR) is 71.8 cm³/mol. The van der Waals surface area contributed by atoms with Crippen molar-refractivity contribution in [3.05, 3.63) is 51.7 Å². The van der Waals surface area contributed by atoms with Crippen molar-refractivity contribution in [1.29, 1.82) is 0 Å². The molecule has 2 aromatic rings. The third-order valence-corrected chi connectivity index (χ3v) is 3.77. The molecular formula is C14H14FNO2S. The molecule has 0 spiro atoms. The first-order chi connectivity index (χ1) is 9.04. The molecule has 5 heteroatoms. The molecular weight excluding hydrogens is 265 g/mol. The number of benzene rings is 1. The molecule has 0 amide bonds. The van der Waals surface area contributed by atoms with Gasteiger partial charge in [0.25, 0.3) is 0 Å². The summed E-state index contributed by atoms with van der Waals surface area (Å²) in [5.41, 5.74) is 0.702. The van der Waals surface area contributed by atoms with Crippen LogP contribution in [0.4, 0.5) is 4.39 Å². The molecule has 1 aromatic carbocycles. The average molecular weight is 279 g/mol. The molecule has 0 bridgehead atoms. The van der Waals surface area contributed by atoms with E-state index in [-0.39, 0.29) is 5.82 Å². The van der Waals surface area contributed by atoms with E-state index < -0.39 is 11.9 Å². The number of carboxylic acids is 1. The van der Waals surface area contributed by atoms with E-state index in [1.807, 2.05) is 6.92 Å². The molecule has 1 atom stereocenters. The minimum Gasteiger partial charge on any atom is -0.481 e. The summed E-state index contributed by atoms with van der Waals surface area (Å²) in [6.45, 7) is 1.89. The highest BCUT2D eigenvalue weighted by molar-refractivity contribution is 7.11. The van der Waals surface area contributed by atoms with Crippen LogP contribution in [0.15, 0.2) is 30.5 Å². The number of carbonyl (C=O) groups is 1. The Bertz CT molecular complexity index is 582. The first-order valence-corrected chi connectivity index (χ1v) is 6.75. The highest BCUT2D eigenvalue weighted by Gasteiger charge is 2.19. The average Bonchev–Trinajstić information content (AvgIpc) is 2.74. The molecule has 0 aliphatic heterocycles. The number of thiazole rings is 1. The van der Waals surface area contributed by atoms with E-state index in [1.54, 1.807) is 18.3 Å². The molecule has 0 saturated heterocycles. The Labute approximate surface area is 114 Å². The van der Waals surface area contributed by atoms with Gasteiger partial charge in [-0.3, -0.25) is 4.79 Å². The molecule has 19 heavy (non-hydrogen) atoms. The second-order valence-corrected chi connectivity index (χ2v) is 5.74. The van der Waals surface area contributed by atoms with Gasteiger partial charge in [-0.1, -0.05) is 12.1 Å². The Kier molecular flexibility index (Phi) is 4.27. The summed E-state index contributed by atoms with van der Waals surface area (Å²) >= 11 is 1.50. The van der Waals surface area contributed by atoms with Gasteiger partial charge in [-0.25, -0.2) is 9.37 Å². The second kappa shape index (κ2) is 5.93. The molecule has 0 aliphatic rings. The van der Waals surface area contributed by atoms with E-state index >= 15 is 0 Å². The van der Waals surface area contributed by atoms with Crippen molar-refractivity contribution < 1.29 is 14.3 Å². The normalized spacial score (nSPS) is 12.3. The van der Waals surface area contributed by atoms with Crippen molar-refractivity contribution in [2.24, 2.45) is 5.92 Å². The zero-order valence-electron chi connectivity index (χ0n) is 10.5. The van der Waals surface area contributed by atoms with Gasteiger partial charge in [0, 0.05) is 11.1 Å². The molecule has 0 fully saturated rings. The third-order valence-electron chi connectivity index (χ3n) is 2.84. The van der Waals surface area contributed by atoms with Crippen LogP contribution in [0.2, 0.25) is 0 Å². The number of aliphatic carboxylic acids is 1. The minimum atomic E-state index is -0.865. The summed E-state index contributed by atoms with van der Waals surface area (Å²) in [6, 6.07) is 6.08. The topological polar surface area (TPSA) is 50.2 Å². The third kappa shape index (κ3) is 3.86. The lowest BCUT2D eigenvalue weighted by atomic mass is 9.96. The largest absolute Gasteiger partial charge is 0.481 e. The Morgan fingerprint density at radius 2 is 2.26 bits per heavy atom. The first kappa shape index (κ1) is 13.7. The highest BCUT2D eigenvalue weighted by Crippen LogP contribution is 2.20. The fraction of sp³-hybridized carbons (Fsp3) is 0.286. The number of aromatic nitrogens is 1. The molecule has 0 saturated carbocycles. The molecule has 1 unspecified atom stereocenters. The number of hydrogen-bond donors (Lipinski definition) is 1. The molecule has 0 aliphatic carbocycles. The number of halogens is 1. The van der Waals surface area contributed by atoms with Gasteiger partial charge in [0.1, 0.15) is 5.82 Å². The maximum atomic E-state index is 13.1. The van der Waals surface area contributed by atoms with E-state index in [0.29, 0.717) is 18.4 Å². The maximum absolute atomic E-state index is 13.1. The van der Waals surface area contributed by atoms with Crippen molar-refractivity contribution in [3.63, 3.8) is 0 Å². The van der Waals surface area contributed by atoms with Crippen LogP contribution in [-0.2, 0) is 17.6 Å². The van der Waals surface area contributed by atoms with Crippen LogP contribution in [0.3, 0.4) is 0 Å². The molecule has 1 aromatic heterocycles. The van der Waals surface area contributed by atoms with E-state index in [0.717, 1.165) is 9.88 Å². The van der Waals surface area contributed by atoms with Gasteiger partial charge in [0.05, 0.1) is 10.9 Å². The smallest absolute Gasteiger partial charge is 0.307 e. The van der Waals surface area contributed by atoms with E-state index in [4.69, 9.17) is 0 Å². The van der Waals surface area contributed by atoms with Gasteiger partial charge >= 0.3 is 5.97 Å². The monoisotopic (exact) mass is 279 g/mol. The molecule has 2 rings (SSSR count). The molecule has 1 N–H and O–H groups in total. The van der Waals surface area contributed by atoms with E-state index in [9.17, 15) is 14.3 Å². The van der Waals surface area contributed by atoms with Crippen LogP contribution in [0.25, 0.3) is 0 Å². The zero-order chi connectivity index (χ0) is 13.8. The van der Waals surface area contributed by atoms with Crippen LogP contribution in [0.5, 0.6) is 0 Å². The predicted octanol–water partition coefficient (Wildman–Crippen LogP) is 3.08. The standard InChI is InChI=1S/C14H14FNO2S/c1-9-16-8-13(19-9)7-11(14(17)18)5-10-3-2-4-12(15)6-10/h2-4,6,8,11H,5,7H2,1H3,(H,17,18). The number of aryl methyl sites for hydroxylation is 1. The van der Waals surface area contributed by atoms with Crippen molar-refractivity contribution in [2.75, 3.05) is 0 Å². The molecule has 1 heterocycles. The molecule has 0 radical (unpaired) electrons. The fourth-order valence-corrected chi connectivity index (χ4v) is 2.81. The van der Waals surface area contributed by atoms with Crippen molar-refractivity contribution in [1.82, 2.24) is 4.98 Å². The van der Waals surface area contributed by atoms with Crippen molar-refractivity contribution >= 4 is 17.3 Å². The van der Waals surface area contributed by atoms with Crippen molar-refractivity contribution in [2.45, 2.75) is 19.8 Å². The summed E-state index contributed by atoms with van der Waals surface area (Å²) in [5.74, 6) is -1.76. The van der Waals surface area contributed by atoms with Gasteiger partial charge in [0.2, 0.25) is 0 Å². The van der Waals surface area contributed by atoms with Crippen LogP contribution < -0.4 is 0 Å². The van der Waals surface area contributed by atoms with Crippen LogP contribution in [0.1, 0.15) is 15.4 Å². The van der Waals surface area contributed by atoms with Gasteiger partial charge in [-0.2, -0.15) is 0 Å². The number of rotatable bonds is 5. The first-order valence-electron chi connectivity index (χ1n) is 5.93. The highest BCUT2D eigenvalue weighted by atomic mass is 32.1. The van der Waals surface area contributed by atoms with Crippen LogP contribution in [-0.4, -0.2) is 16.1 Å². The van der Waals surface area contributed by atoms with Crippen LogP contribution >= 0.6 is 11.3 Å². The number of hydrogen-bond acceptors (Lipinski definition) is 3. The fourth-order valence-electron chi connectivity index (χ4n) is 1.94. The summed E-state index contributed by atoms with van der Waals surface area (Å²) in [5, 5.41) is 10.2. The maximum Gasteiger partial charge on any atom is 0.307 e. The molecule has 100 valence electrons. The Hall–Kier alpha value is -1.75. The lowest BCUT2D eigenvalue weighted by Gasteiger charge is -2.11. The zero-order valence-corrected chi connectivity index (χ0v) is 11.3. The number of nitrogens with zero attached hydrogens (tertiary/aromatic N) is 1. The van der Waals surface area contributed by atoms with Crippen LogP contribution in [0, 0.1) is 18.7 Å². The van der Waals surface area contributed by atoms with E-state index in [1.165, 1.54) is 23.5 Å². The summed E-state index contributed by atoms with van der Waals surface area (Å²) in [6.07, 6.45) is 2.46. The second-order valence-electron chi connectivity index (χ2n) is 4.42. The van der Waals surface area contributed by atoms with Crippen molar-refractivity contribution in [3.8, 4) is 0 Å². The van der Waals surface area contributed by atoms with Gasteiger partial charge in [-0.15, -0.1) is 11.3 Å². The summed E-state index contributed by atoms with van der Waals surface area (Å²) in [4.78, 5) is 16.4. The van der Waals surface area contributed by atoms with Gasteiger partial charge in [0.15, 0.2) is 0 Å². The quantitative estimate of drug-likeness (QED) is 0.915. The Morgan fingerprint density at radius 3 is 2.84 bits per heavy atom. The lowest BCUT2D eigenvalue weighted by molar-refractivity contribution is -0.141. The Morgan fingerprint density at radius 1 is 1.47 bits per heavy atom. The summed E-state index contributed by atoms with van der Waals surface area (Å²) in [7, 11) is 0. The van der Waals surface area contributed by atoms with E-state index in [2.05, 4.69) is 4.98 Å². The Balaban J connectivity index is 2.10. The summed E-state index contributed by atoms with van der Waals surface area (Å²) < 4.78 is 13.1. The minimum absolute atomic E-state index is 0.323. The van der Waals surface area contributed by atoms with Gasteiger partial charge < -0.3 is 5.11 Å². The van der Waals surface area contributed by atoms with Gasteiger partial charge in [-0.05, 0) is 37.5 Å². The molecule has 3 nitrogen and oxygen atoms in total. The number of carboxylic acid groups (broad SMARTS) is 1. The lowest BCUT2D eigenvalue weighted by Crippen LogP contribution is -2.18. The SMILES string of the molecule is Cc1ncc(CC(Cc2cccc(F)c2)C(=O)O)s1.